The van der Waals surface area contributed by atoms with Crippen LogP contribution in [0.5, 0.6) is 0 Å². The molecule has 0 aliphatic rings. The molecule has 0 radical (unpaired) electrons. The van der Waals surface area contributed by atoms with E-state index in [4.69, 9.17) is 0 Å². The van der Waals surface area contributed by atoms with Crippen molar-refractivity contribution in [1.82, 2.24) is 4.57 Å². The summed E-state index contributed by atoms with van der Waals surface area (Å²) in [5.41, 5.74) is -0.123. The van der Waals surface area contributed by atoms with E-state index in [0.29, 0.717) is 17.5 Å². The van der Waals surface area contributed by atoms with E-state index < -0.39 is 11.5 Å². The van der Waals surface area contributed by atoms with Crippen LogP contribution in [0.2, 0.25) is 0 Å². The van der Waals surface area contributed by atoms with Crippen LogP contribution >= 0.6 is 0 Å². The van der Waals surface area contributed by atoms with E-state index in [2.05, 4.69) is 16.8 Å². The van der Waals surface area contributed by atoms with Gasteiger partial charge in [0.25, 0.3) is 5.92 Å². The standard InChI is InChI=1S/C20H19F2N3/c1-4-20(21,22)19(2,24-23-16-11-6-5-7-12-16)18-14-15-10-8-9-13-17(15)25(18)3/h4-14H,1H2,2-3H3/t19-/m0/s1. The van der Waals surface area contributed by atoms with Gasteiger partial charge in [-0.05, 0) is 42.7 Å². The van der Waals surface area contributed by atoms with E-state index in [1.807, 2.05) is 30.3 Å². The number of hydrogen-bond acceptors (Lipinski definition) is 2. The van der Waals surface area contributed by atoms with Gasteiger partial charge in [-0.2, -0.15) is 19.0 Å². The molecule has 1 aromatic heterocycles. The summed E-state index contributed by atoms with van der Waals surface area (Å²) < 4.78 is 31.4. The molecule has 128 valence electrons. The number of nitrogens with zero attached hydrogens (tertiary/aromatic N) is 3. The smallest absolute Gasteiger partial charge is 0.297 e. The molecule has 3 rings (SSSR count). The Morgan fingerprint density at radius 2 is 1.68 bits per heavy atom. The van der Waals surface area contributed by atoms with Crippen LogP contribution in [0.25, 0.3) is 10.9 Å². The summed E-state index contributed by atoms with van der Waals surface area (Å²) in [6.07, 6.45) is 0.634. The fourth-order valence-corrected chi connectivity index (χ4v) is 2.90. The lowest BCUT2D eigenvalue weighted by Gasteiger charge is -2.31. The number of halogens is 2. The average Bonchev–Trinajstić information content (AvgIpc) is 2.98. The molecular formula is C20H19F2N3. The first-order valence-electron chi connectivity index (χ1n) is 7.93. The van der Waals surface area contributed by atoms with Crippen molar-refractivity contribution in [1.29, 1.82) is 0 Å². The monoisotopic (exact) mass is 339 g/mol. The van der Waals surface area contributed by atoms with Crippen LogP contribution in [-0.2, 0) is 12.6 Å². The van der Waals surface area contributed by atoms with Crippen molar-refractivity contribution in [3.63, 3.8) is 0 Å². The lowest BCUT2D eigenvalue weighted by atomic mass is 9.90. The van der Waals surface area contributed by atoms with Gasteiger partial charge < -0.3 is 4.57 Å². The van der Waals surface area contributed by atoms with E-state index in [0.717, 1.165) is 10.9 Å². The molecule has 0 aliphatic heterocycles. The second-order valence-electron chi connectivity index (χ2n) is 6.08. The van der Waals surface area contributed by atoms with Crippen LogP contribution < -0.4 is 0 Å². The maximum absolute atomic E-state index is 14.8. The van der Waals surface area contributed by atoms with Gasteiger partial charge in [0.05, 0.1) is 11.4 Å². The molecule has 5 heteroatoms. The molecular weight excluding hydrogens is 320 g/mol. The molecule has 0 spiro atoms. The average molecular weight is 339 g/mol. The minimum Gasteiger partial charge on any atom is -0.345 e. The number of azo groups is 1. The van der Waals surface area contributed by atoms with Gasteiger partial charge in [-0.3, -0.25) is 0 Å². The Hall–Kier alpha value is -2.82. The maximum Gasteiger partial charge on any atom is 0.297 e. The second kappa shape index (κ2) is 6.24. The lowest BCUT2D eigenvalue weighted by Crippen LogP contribution is -2.40. The Bertz CT molecular complexity index is 929. The van der Waals surface area contributed by atoms with Crippen molar-refractivity contribution < 1.29 is 8.78 Å². The van der Waals surface area contributed by atoms with Gasteiger partial charge >= 0.3 is 0 Å². The predicted molar refractivity (Wildman–Crippen MR) is 96.4 cm³/mol. The number of aromatic nitrogens is 1. The summed E-state index contributed by atoms with van der Waals surface area (Å²) in [6, 6.07) is 18.1. The van der Waals surface area contributed by atoms with E-state index in [1.165, 1.54) is 6.92 Å². The molecule has 3 nitrogen and oxygen atoms in total. The minimum atomic E-state index is -3.27. The zero-order chi connectivity index (χ0) is 18.1. The first-order valence-corrected chi connectivity index (χ1v) is 7.93. The van der Waals surface area contributed by atoms with Gasteiger partial charge in [0.15, 0.2) is 5.54 Å². The largest absolute Gasteiger partial charge is 0.345 e. The topological polar surface area (TPSA) is 29.6 Å². The Kier molecular flexibility index (Phi) is 4.25. The van der Waals surface area contributed by atoms with E-state index in [9.17, 15) is 8.78 Å². The Balaban J connectivity index is 2.19. The number of fused-ring (bicyclic) bond motifs is 1. The van der Waals surface area contributed by atoms with Crippen molar-refractivity contribution in [3.8, 4) is 0 Å². The molecule has 0 saturated carbocycles. The van der Waals surface area contributed by atoms with Crippen molar-refractivity contribution in [2.75, 3.05) is 0 Å². The molecule has 1 atom stereocenters. The Labute approximate surface area is 145 Å². The van der Waals surface area contributed by atoms with Gasteiger partial charge in [0, 0.05) is 12.6 Å². The van der Waals surface area contributed by atoms with Crippen LogP contribution in [0, 0.1) is 0 Å². The Morgan fingerprint density at radius 3 is 2.32 bits per heavy atom. The Morgan fingerprint density at radius 1 is 1.04 bits per heavy atom. The molecule has 3 aromatic rings. The first kappa shape index (κ1) is 17.0. The molecule has 25 heavy (non-hydrogen) atoms. The van der Waals surface area contributed by atoms with Gasteiger partial charge in [-0.15, -0.1) is 0 Å². The summed E-state index contributed by atoms with van der Waals surface area (Å²) in [7, 11) is 1.76. The first-order chi connectivity index (χ1) is 11.9. The fraction of sp³-hybridized carbons (Fsp3) is 0.200. The third kappa shape index (κ3) is 2.86. The molecule has 0 bridgehead atoms. The van der Waals surface area contributed by atoms with Crippen molar-refractivity contribution >= 4 is 16.6 Å². The summed E-state index contributed by atoms with van der Waals surface area (Å²) in [4.78, 5) is 0. The lowest BCUT2D eigenvalue weighted by molar-refractivity contribution is -0.0268. The van der Waals surface area contributed by atoms with Crippen molar-refractivity contribution in [2.45, 2.75) is 18.4 Å². The number of para-hydroxylation sites is 1. The zero-order valence-corrected chi connectivity index (χ0v) is 14.2. The van der Waals surface area contributed by atoms with Crippen LogP contribution in [0.4, 0.5) is 14.5 Å². The van der Waals surface area contributed by atoms with E-state index in [-0.39, 0.29) is 0 Å². The highest BCUT2D eigenvalue weighted by molar-refractivity contribution is 5.81. The molecule has 2 aromatic carbocycles. The number of aryl methyl sites for hydroxylation is 1. The summed E-state index contributed by atoms with van der Waals surface area (Å²) in [5, 5.41) is 9.02. The normalized spacial score (nSPS) is 14.7. The highest BCUT2D eigenvalue weighted by Gasteiger charge is 2.52. The second-order valence-corrected chi connectivity index (χ2v) is 6.08. The third-order valence-electron chi connectivity index (χ3n) is 4.48. The minimum absolute atomic E-state index is 0.373. The van der Waals surface area contributed by atoms with Gasteiger partial charge in [0.2, 0.25) is 0 Å². The number of hydrogen-bond donors (Lipinski definition) is 0. The predicted octanol–water partition coefficient (Wildman–Crippen LogP) is 6.00. The summed E-state index contributed by atoms with van der Waals surface area (Å²) in [5.74, 6) is -3.27. The SMILES string of the molecule is C=CC(F)(F)[C@@](C)(N=Nc1ccccc1)c1cc2ccccc2n1C. The third-order valence-corrected chi connectivity index (χ3v) is 4.48. The highest BCUT2D eigenvalue weighted by Crippen LogP contribution is 2.44. The zero-order valence-electron chi connectivity index (χ0n) is 14.2. The van der Waals surface area contributed by atoms with Crippen molar-refractivity contribution in [2.24, 2.45) is 17.3 Å². The highest BCUT2D eigenvalue weighted by atomic mass is 19.3. The van der Waals surface area contributed by atoms with Crippen LogP contribution in [0.3, 0.4) is 0 Å². The van der Waals surface area contributed by atoms with E-state index in [1.54, 1.807) is 41.9 Å². The molecule has 0 aliphatic carbocycles. The van der Waals surface area contributed by atoms with E-state index >= 15 is 0 Å². The maximum atomic E-state index is 14.8. The number of alkyl halides is 2. The number of rotatable bonds is 5. The molecule has 0 fully saturated rings. The van der Waals surface area contributed by atoms with Gasteiger partial charge in [-0.25, -0.2) is 0 Å². The molecule has 0 saturated heterocycles. The van der Waals surface area contributed by atoms with Gasteiger partial charge in [0.1, 0.15) is 0 Å². The summed E-state index contributed by atoms with van der Waals surface area (Å²) >= 11 is 0. The van der Waals surface area contributed by atoms with Gasteiger partial charge in [-0.1, -0.05) is 43.0 Å². The van der Waals surface area contributed by atoms with Crippen LogP contribution in [-0.4, -0.2) is 10.5 Å². The van der Waals surface area contributed by atoms with Crippen LogP contribution in [0.15, 0.2) is 83.5 Å². The molecule has 0 N–H and O–H groups in total. The molecule has 1 heterocycles. The fourth-order valence-electron chi connectivity index (χ4n) is 2.90. The summed E-state index contributed by atoms with van der Waals surface area (Å²) in [6.45, 7) is 4.69. The van der Waals surface area contributed by atoms with Crippen LogP contribution in [0.1, 0.15) is 12.6 Å². The quantitative estimate of drug-likeness (QED) is 0.403. The molecule has 0 unspecified atom stereocenters. The number of benzene rings is 2. The molecule has 0 amide bonds. The van der Waals surface area contributed by atoms with Crippen molar-refractivity contribution in [3.05, 3.63) is 79.0 Å².